The number of fused-ring (bicyclic) bond motifs is 1. The molecule has 3 rings (SSSR count). The van der Waals surface area contributed by atoms with Crippen molar-refractivity contribution in [1.29, 1.82) is 0 Å². The van der Waals surface area contributed by atoms with E-state index in [0.29, 0.717) is 11.2 Å². The first-order valence-electron chi connectivity index (χ1n) is 5.62. The van der Waals surface area contributed by atoms with E-state index in [1.165, 1.54) is 24.3 Å². The van der Waals surface area contributed by atoms with Crippen LogP contribution in [0.2, 0.25) is 0 Å². The fraction of sp³-hybridized carbons (Fsp3) is 0. The molecule has 0 aliphatic heterocycles. The number of halogens is 1. The van der Waals surface area contributed by atoms with E-state index in [2.05, 4.69) is 10.2 Å². The maximum atomic E-state index is 12.9. The predicted molar refractivity (Wildman–Crippen MR) is 68.4 cm³/mol. The third-order valence-corrected chi connectivity index (χ3v) is 2.93. The van der Waals surface area contributed by atoms with Crippen LogP contribution in [-0.4, -0.2) is 21.3 Å². The van der Waals surface area contributed by atoms with Crippen LogP contribution < -0.4 is 0 Å². The summed E-state index contributed by atoms with van der Waals surface area (Å²) >= 11 is 0. The van der Waals surface area contributed by atoms with Gasteiger partial charge in [-0.1, -0.05) is 0 Å². The summed E-state index contributed by atoms with van der Waals surface area (Å²) in [6.45, 7) is 0. The van der Waals surface area contributed by atoms with Crippen molar-refractivity contribution in [2.45, 2.75) is 0 Å². The molecular weight excluding hydrogens is 247 g/mol. The van der Waals surface area contributed by atoms with Gasteiger partial charge in [0.25, 0.3) is 0 Å². The van der Waals surface area contributed by atoms with Crippen molar-refractivity contribution < 1.29 is 14.3 Å². The fourth-order valence-electron chi connectivity index (χ4n) is 1.98. The van der Waals surface area contributed by atoms with Gasteiger partial charge in [0.2, 0.25) is 0 Å². The standard InChI is InChI=1S/C14H9FN2O2/c15-10-4-1-8(2-5-10)13-11-6-3-9(14(18)19)7-12(11)16-17-13/h1-7H,(H,16,17)(H,18,19). The van der Waals surface area contributed by atoms with Crippen LogP contribution in [0.4, 0.5) is 4.39 Å². The number of hydrogen-bond donors (Lipinski definition) is 2. The number of nitrogens with zero attached hydrogens (tertiary/aromatic N) is 1. The summed E-state index contributed by atoms with van der Waals surface area (Å²) in [5.74, 6) is -1.29. The Bertz CT molecular complexity index is 763. The minimum Gasteiger partial charge on any atom is -0.478 e. The van der Waals surface area contributed by atoms with Crippen molar-refractivity contribution >= 4 is 16.9 Å². The molecule has 0 amide bonds. The number of carboxylic acids is 1. The summed E-state index contributed by atoms with van der Waals surface area (Å²) in [7, 11) is 0. The normalized spacial score (nSPS) is 10.8. The molecule has 2 aromatic carbocycles. The number of benzene rings is 2. The van der Waals surface area contributed by atoms with Gasteiger partial charge in [0, 0.05) is 10.9 Å². The van der Waals surface area contributed by atoms with Gasteiger partial charge < -0.3 is 5.11 Å². The number of H-pyrrole nitrogens is 1. The Morgan fingerprint density at radius 2 is 1.89 bits per heavy atom. The summed E-state index contributed by atoms with van der Waals surface area (Å²) in [6.07, 6.45) is 0. The Labute approximate surface area is 107 Å². The number of carboxylic acid groups (broad SMARTS) is 1. The fourth-order valence-corrected chi connectivity index (χ4v) is 1.98. The number of rotatable bonds is 2. The highest BCUT2D eigenvalue weighted by molar-refractivity contribution is 5.98. The number of aromatic amines is 1. The van der Waals surface area contributed by atoms with Crippen LogP contribution in [0, 0.1) is 5.82 Å². The third-order valence-electron chi connectivity index (χ3n) is 2.93. The van der Waals surface area contributed by atoms with Crippen LogP contribution in [0.15, 0.2) is 42.5 Å². The first-order valence-corrected chi connectivity index (χ1v) is 5.62. The average Bonchev–Trinajstić information content (AvgIpc) is 2.82. The van der Waals surface area contributed by atoms with Gasteiger partial charge >= 0.3 is 5.97 Å². The minimum absolute atomic E-state index is 0.196. The van der Waals surface area contributed by atoms with E-state index in [9.17, 15) is 9.18 Å². The van der Waals surface area contributed by atoms with Crippen LogP contribution in [0.3, 0.4) is 0 Å². The first-order chi connectivity index (χ1) is 9.15. The van der Waals surface area contributed by atoms with Gasteiger partial charge in [-0.05, 0) is 42.5 Å². The van der Waals surface area contributed by atoms with Crippen LogP contribution in [0.1, 0.15) is 10.4 Å². The lowest BCUT2D eigenvalue weighted by Gasteiger charge is -1.98. The predicted octanol–water partition coefficient (Wildman–Crippen LogP) is 3.07. The van der Waals surface area contributed by atoms with Crippen LogP contribution in [-0.2, 0) is 0 Å². The smallest absolute Gasteiger partial charge is 0.335 e. The van der Waals surface area contributed by atoms with Crippen molar-refractivity contribution in [3.05, 3.63) is 53.8 Å². The van der Waals surface area contributed by atoms with Gasteiger partial charge in [0.05, 0.1) is 16.8 Å². The van der Waals surface area contributed by atoms with Gasteiger partial charge in [0.15, 0.2) is 0 Å². The van der Waals surface area contributed by atoms with E-state index in [-0.39, 0.29) is 11.4 Å². The molecule has 0 spiro atoms. The molecule has 2 N–H and O–H groups in total. The van der Waals surface area contributed by atoms with Crippen molar-refractivity contribution in [1.82, 2.24) is 10.2 Å². The molecule has 0 aliphatic carbocycles. The molecule has 0 saturated heterocycles. The number of nitrogens with one attached hydrogen (secondary N) is 1. The van der Waals surface area contributed by atoms with Crippen molar-refractivity contribution in [3.63, 3.8) is 0 Å². The van der Waals surface area contributed by atoms with Gasteiger partial charge in [-0.25, -0.2) is 9.18 Å². The van der Waals surface area contributed by atoms with E-state index in [1.54, 1.807) is 18.2 Å². The quantitative estimate of drug-likeness (QED) is 0.740. The van der Waals surface area contributed by atoms with Crippen LogP contribution in [0.5, 0.6) is 0 Å². The molecule has 0 fully saturated rings. The SMILES string of the molecule is O=C(O)c1ccc2c(-c3ccc(F)cc3)n[nH]c2c1. The third kappa shape index (κ3) is 1.95. The van der Waals surface area contributed by atoms with E-state index >= 15 is 0 Å². The summed E-state index contributed by atoms with van der Waals surface area (Å²) in [5.41, 5.74) is 2.28. The highest BCUT2D eigenvalue weighted by Crippen LogP contribution is 2.26. The summed E-state index contributed by atoms with van der Waals surface area (Å²) in [5, 5.41) is 16.7. The Balaban J connectivity index is 2.15. The van der Waals surface area contributed by atoms with E-state index in [4.69, 9.17) is 5.11 Å². The molecule has 1 aromatic heterocycles. The first kappa shape index (κ1) is 11.4. The lowest BCUT2D eigenvalue weighted by atomic mass is 10.1. The second-order valence-electron chi connectivity index (χ2n) is 4.14. The molecule has 0 aliphatic rings. The van der Waals surface area contributed by atoms with Gasteiger partial charge in [-0.15, -0.1) is 0 Å². The molecule has 0 atom stereocenters. The maximum absolute atomic E-state index is 12.9. The number of hydrogen-bond acceptors (Lipinski definition) is 2. The van der Waals surface area contributed by atoms with Crippen molar-refractivity contribution in [2.24, 2.45) is 0 Å². The molecule has 0 bridgehead atoms. The monoisotopic (exact) mass is 256 g/mol. The number of aromatic carboxylic acids is 1. The molecular formula is C14H9FN2O2. The second-order valence-corrected chi connectivity index (χ2v) is 4.14. The molecule has 4 nitrogen and oxygen atoms in total. The highest BCUT2D eigenvalue weighted by Gasteiger charge is 2.10. The molecule has 0 unspecified atom stereocenters. The Hall–Kier alpha value is -2.69. The van der Waals surface area contributed by atoms with Gasteiger partial charge in [-0.2, -0.15) is 5.10 Å². The minimum atomic E-state index is -0.986. The van der Waals surface area contributed by atoms with E-state index in [1.807, 2.05) is 0 Å². The maximum Gasteiger partial charge on any atom is 0.335 e. The summed E-state index contributed by atoms with van der Waals surface area (Å²) in [4.78, 5) is 10.9. The summed E-state index contributed by atoms with van der Waals surface area (Å²) < 4.78 is 12.9. The van der Waals surface area contributed by atoms with E-state index < -0.39 is 5.97 Å². The molecule has 0 saturated carbocycles. The van der Waals surface area contributed by atoms with Crippen LogP contribution >= 0.6 is 0 Å². The van der Waals surface area contributed by atoms with Gasteiger partial charge in [-0.3, -0.25) is 5.10 Å². The Morgan fingerprint density at radius 3 is 2.58 bits per heavy atom. The van der Waals surface area contributed by atoms with Crippen molar-refractivity contribution in [2.75, 3.05) is 0 Å². The molecule has 1 heterocycles. The number of aromatic nitrogens is 2. The lowest BCUT2D eigenvalue weighted by molar-refractivity contribution is 0.0697. The molecule has 3 aromatic rings. The topological polar surface area (TPSA) is 66.0 Å². The Kier molecular flexibility index (Phi) is 2.52. The van der Waals surface area contributed by atoms with Crippen molar-refractivity contribution in [3.8, 4) is 11.3 Å². The highest BCUT2D eigenvalue weighted by atomic mass is 19.1. The zero-order chi connectivity index (χ0) is 13.4. The molecule has 19 heavy (non-hydrogen) atoms. The summed E-state index contributed by atoms with van der Waals surface area (Å²) in [6, 6.07) is 10.7. The van der Waals surface area contributed by atoms with Gasteiger partial charge in [0.1, 0.15) is 5.82 Å². The van der Waals surface area contributed by atoms with Crippen LogP contribution in [0.25, 0.3) is 22.2 Å². The zero-order valence-corrected chi connectivity index (χ0v) is 9.72. The second kappa shape index (κ2) is 4.20. The molecule has 94 valence electrons. The molecule has 5 heteroatoms. The molecule has 0 radical (unpaired) electrons. The van der Waals surface area contributed by atoms with E-state index in [0.717, 1.165) is 10.9 Å². The Morgan fingerprint density at radius 1 is 1.16 bits per heavy atom. The number of carbonyl (C=O) groups is 1. The average molecular weight is 256 g/mol. The lowest BCUT2D eigenvalue weighted by Crippen LogP contribution is -1.94. The zero-order valence-electron chi connectivity index (χ0n) is 9.72. The largest absolute Gasteiger partial charge is 0.478 e.